The SMILES string of the molecule is FCCC(F)(F)C(C(F)(F)F)(C(F)(F)F)C(F)(F)C(F)(F)I. The minimum atomic E-state index is -7.55. The summed E-state index contributed by atoms with van der Waals surface area (Å²) in [7, 11) is 0. The smallest absolute Gasteiger partial charge is 0.251 e. The zero-order valence-corrected chi connectivity index (χ0v) is 11.9. The molecule has 0 aromatic carbocycles. The maximum absolute atomic E-state index is 13.3. The van der Waals surface area contributed by atoms with Crippen LogP contribution >= 0.6 is 22.6 Å². The van der Waals surface area contributed by atoms with Gasteiger partial charge in [-0.1, -0.05) is 0 Å². The van der Waals surface area contributed by atoms with Crippen LogP contribution in [0, 0.1) is 5.41 Å². The predicted octanol–water partition coefficient (Wildman–Crippen LogP) is 5.76. The Morgan fingerprint density at radius 3 is 1.14 bits per heavy atom. The first kappa shape index (κ1) is 21.8. The van der Waals surface area contributed by atoms with Gasteiger partial charge >= 0.3 is 22.2 Å². The molecular weight excluding hydrogens is 470 g/mol. The molecule has 14 heteroatoms. The third-order valence-electron chi connectivity index (χ3n) is 2.63. The van der Waals surface area contributed by atoms with Gasteiger partial charge in [0, 0.05) is 29.0 Å². The molecule has 0 rings (SSSR count). The summed E-state index contributed by atoms with van der Waals surface area (Å²) in [5, 5.41) is 0. The quantitative estimate of drug-likeness (QED) is 0.271. The molecule has 0 atom stereocenters. The van der Waals surface area contributed by atoms with E-state index < -0.39 is 69.2 Å². The minimum Gasteiger partial charge on any atom is -0.251 e. The van der Waals surface area contributed by atoms with Crippen molar-refractivity contribution in [2.45, 2.75) is 34.5 Å². The van der Waals surface area contributed by atoms with Gasteiger partial charge in [-0.05, 0) is 0 Å². The number of alkyl halides is 14. The summed E-state index contributed by atoms with van der Waals surface area (Å²) in [6, 6.07) is 0. The van der Waals surface area contributed by atoms with E-state index in [0.29, 0.717) is 0 Å². The molecule has 0 fully saturated rings. The van der Waals surface area contributed by atoms with Gasteiger partial charge in [-0.3, -0.25) is 4.39 Å². The van der Waals surface area contributed by atoms with Gasteiger partial charge in [0.05, 0.1) is 6.67 Å². The highest BCUT2D eigenvalue weighted by Gasteiger charge is 2.95. The van der Waals surface area contributed by atoms with Gasteiger partial charge in [-0.25, -0.2) is 8.78 Å². The third-order valence-corrected chi connectivity index (χ3v) is 3.31. The predicted molar refractivity (Wildman–Crippen MR) is 54.0 cm³/mol. The first-order chi connectivity index (χ1) is 9.31. The molecule has 0 unspecified atom stereocenters. The number of halogens is 14. The molecule has 0 aliphatic carbocycles. The highest BCUT2D eigenvalue weighted by atomic mass is 127. The van der Waals surface area contributed by atoms with Crippen LogP contribution in [0.4, 0.5) is 57.1 Å². The molecule has 0 heterocycles. The van der Waals surface area contributed by atoms with E-state index in [1.54, 1.807) is 0 Å². The van der Waals surface area contributed by atoms with Crippen molar-refractivity contribution in [1.82, 2.24) is 0 Å². The lowest BCUT2D eigenvalue weighted by Crippen LogP contribution is -2.73. The third kappa shape index (κ3) is 2.95. The summed E-state index contributed by atoms with van der Waals surface area (Å²) < 4.78 is 159. The average Bonchev–Trinajstić information content (AvgIpc) is 2.08. The van der Waals surface area contributed by atoms with Crippen LogP contribution in [0.15, 0.2) is 0 Å². The van der Waals surface area contributed by atoms with E-state index in [1.165, 1.54) is 0 Å². The summed E-state index contributed by atoms with van der Waals surface area (Å²) in [6.07, 6.45) is -18.1. The fourth-order valence-electron chi connectivity index (χ4n) is 1.68. The van der Waals surface area contributed by atoms with Crippen molar-refractivity contribution >= 4 is 22.6 Å². The van der Waals surface area contributed by atoms with Gasteiger partial charge in [0.2, 0.25) is 0 Å². The Hall–Kier alpha value is -0.180. The number of hydrogen-bond donors (Lipinski definition) is 0. The van der Waals surface area contributed by atoms with Crippen molar-refractivity contribution < 1.29 is 57.1 Å². The van der Waals surface area contributed by atoms with Gasteiger partial charge in [0.25, 0.3) is 11.3 Å². The number of rotatable bonds is 5. The molecule has 22 heavy (non-hydrogen) atoms. The second-order valence-corrected chi connectivity index (χ2v) is 5.32. The van der Waals surface area contributed by atoms with E-state index in [4.69, 9.17) is 0 Å². The van der Waals surface area contributed by atoms with E-state index >= 15 is 0 Å². The summed E-state index contributed by atoms with van der Waals surface area (Å²) in [5.41, 5.74) is -7.46. The molecule has 0 aromatic rings. The van der Waals surface area contributed by atoms with E-state index in [9.17, 15) is 57.1 Å². The molecule has 0 amide bonds. The van der Waals surface area contributed by atoms with Gasteiger partial charge in [0.15, 0.2) is 0 Å². The molecule has 0 aliphatic rings. The Morgan fingerprint density at radius 2 is 0.955 bits per heavy atom. The van der Waals surface area contributed by atoms with Crippen molar-refractivity contribution in [3.63, 3.8) is 0 Å². The second-order valence-electron chi connectivity index (χ2n) is 3.96. The van der Waals surface area contributed by atoms with Crippen LogP contribution in [0.25, 0.3) is 0 Å². The summed E-state index contributed by atoms with van der Waals surface area (Å²) in [6.45, 7) is -2.58. The van der Waals surface area contributed by atoms with Gasteiger partial charge in [-0.2, -0.15) is 43.9 Å². The molecule has 0 aromatic heterocycles. The summed E-state index contributed by atoms with van der Waals surface area (Å²) in [4.78, 5) is 0. The summed E-state index contributed by atoms with van der Waals surface area (Å²) >= 11 is -0.817. The lowest BCUT2D eigenvalue weighted by Gasteiger charge is -2.47. The second kappa shape index (κ2) is 5.72. The topological polar surface area (TPSA) is 0 Å². The zero-order valence-electron chi connectivity index (χ0n) is 9.71. The maximum Gasteiger partial charge on any atom is 0.415 e. The zero-order chi connectivity index (χ0) is 18.4. The first-order valence-corrected chi connectivity index (χ1v) is 5.91. The van der Waals surface area contributed by atoms with Gasteiger partial charge in [0.1, 0.15) is 0 Å². The molecule has 0 saturated carbocycles. The van der Waals surface area contributed by atoms with E-state index in [2.05, 4.69) is 0 Å². The molecular formula is C8H4F13I. The van der Waals surface area contributed by atoms with Crippen LogP contribution < -0.4 is 0 Å². The van der Waals surface area contributed by atoms with E-state index in [-0.39, 0.29) is 0 Å². The molecule has 0 saturated heterocycles. The molecule has 0 nitrogen and oxygen atoms in total. The fourth-order valence-corrected chi connectivity index (χ4v) is 2.08. The average molecular weight is 474 g/mol. The highest BCUT2D eigenvalue weighted by Crippen LogP contribution is 2.70. The normalized spacial score (nSPS) is 16.1. The number of hydrogen-bond acceptors (Lipinski definition) is 0. The van der Waals surface area contributed by atoms with E-state index in [1.807, 2.05) is 0 Å². The van der Waals surface area contributed by atoms with Crippen molar-refractivity contribution in [1.29, 1.82) is 0 Å². The minimum absolute atomic E-state index is 0.817. The highest BCUT2D eigenvalue weighted by molar-refractivity contribution is 14.1. The van der Waals surface area contributed by atoms with Crippen LogP contribution in [0.2, 0.25) is 0 Å². The first-order valence-electron chi connectivity index (χ1n) is 4.83. The standard InChI is InChI=1S/C8H4F13I/c9-2-1-3(10,11)4(6(14,15)16,7(17,18)19)5(12,13)8(20,21)22/h1-2H2. The van der Waals surface area contributed by atoms with Crippen LogP contribution in [-0.4, -0.2) is 34.8 Å². The molecule has 134 valence electrons. The largest absolute Gasteiger partial charge is 0.415 e. The molecule has 0 spiro atoms. The fraction of sp³-hybridized carbons (Fsp3) is 1.00. The monoisotopic (exact) mass is 474 g/mol. The molecule has 0 N–H and O–H groups in total. The van der Waals surface area contributed by atoms with Gasteiger partial charge < -0.3 is 0 Å². The van der Waals surface area contributed by atoms with Crippen molar-refractivity contribution in [2.24, 2.45) is 5.41 Å². The Kier molecular flexibility index (Phi) is 5.67. The molecule has 0 aliphatic heterocycles. The van der Waals surface area contributed by atoms with Crippen LogP contribution in [0.1, 0.15) is 6.42 Å². The lowest BCUT2D eigenvalue weighted by atomic mass is 9.72. The van der Waals surface area contributed by atoms with Crippen LogP contribution in [0.3, 0.4) is 0 Å². The van der Waals surface area contributed by atoms with Gasteiger partial charge in [-0.15, -0.1) is 0 Å². The Labute approximate surface area is 127 Å². The Morgan fingerprint density at radius 1 is 0.636 bits per heavy atom. The van der Waals surface area contributed by atoms with E-state index in [0.717, 1.165) is 0 Å². The molecule has 0 radical (unpaired) electrons. The summed E-state index contributed by atoms with van der Waals surface area (Å²) in [5.74, 6) is -13.9. The Bertz CT molecular complexity index is 372. The Balaban J connectivity index is 6.94. The van der Waals surface area contributed by atoms with Crippen LogP contribution in [0.5, 0.6) is 0 Å². The van der Waals surface area contributed by atoms with Crippen molar-refractivity contribution in [2.75, 3.05) is 6.67 Å². The lowest BCUT2D eigenvalue weighted by molar-refractivity contribution is -0.467. The maximum atomic E-state index is 13.3. The van der Waals surface area contributed by atoms with Crippen molar-refractivity contribution in [3.05, 3.63) is 0 Å². The van der Waals surface area contributed by atoms with Crippen LogP contribution in [-0.2, 0) is 0 Å². The van der Waals surface area contributed by atoms with Crippen molar-refractivity contribution in [3.8, 4) is 0 Å². The molecule has 0 bridgehead atoms.